The Balaban J connectivity index is 6.96. The summed E-state index contributed by atoms with van der Waals surface area (Å²) in [6, 6.07) is -15.1. The van der Waals surface area contributed by atoms with Gasteiger partial charge in [-0.25, -0.2) is 0 Å². The van der Waals surface area contributed by atoms with E-state index in [0.717, 1.165) is 0 Å². The second-order valence-corrected chi connectivity index (χ2v) is 27.7. The monoisotopic (exact) mass is 1480 g/mol. The number of nitrogens with zero attached hydrogens (tertiary/aromatic N) is 4. The molecule has 0 aromatic carbocycles. The maximum Gasteiger partial charge on any atom is 0.243 e. The highest BCUT2D eigenvalue weighted by Crippen LogP contribution is 2.17. The van der Waals surface area contributed by atoms with Crippen LogP contribution in [0.1, 0.15) is 180 Å². The standard InChI is InChI=1S/C66H128N26O12/c1-14-37(11)49(61(103)87-41(22-16-17-27-67)54(96)84-42(24-19-29-79-64(72)73)53(95)83-40(51(69)93)23-18-28-78-63(70)71)91-56(98)44(26-21-31-81-66(76)77)86-60(102)48(36(9)10)89-52(94)39(13)82-59(101)47(35(7)8)90-62(104)50(38(12)15-2)92-57(99)45(32-33(3)4)88-55(97)43(25-20-30-80-65(74)75)85-58(100)46(68)34(5)6/h33-50H,14-32,67-68H2,1-13H3,(H2,69,93)(H,82,101)(H,83,95)(H,84,96)(H,85,100)(H,86,102)(H,87,103)(H,88,97)(H,89,94)(H,90,104)(H,91,98)(H,92,99)(H4,70,71,78)(H4,72,73,79)(H4,74,75,80)(H4,76,77,81)/t37-,38-,39-,40-,41-,42-,43-,44-,45-,46-,47-,48-,49-,50-/m0/s1. The molecule has 14 atom stereocenters. The Labute approximate surface area is 612 Å². The Bertz CT molecular complexity index is 2880. The van der Waals surface area contributed by atoms with Crippen LogP contribution < -0.4 is 122 Å². The van der Waals surface area contributed by atoms with Gasteiger partial charge in [-0.15, -0.1) is 0 Å². The largest absolute Gasteiger partial charge is 0.370 e. The van der Waals surface area contributed by atoms with E-state index in [9.17, 15) is 57.5 Å². The van der Waals surface area contributed by atoms with Crippen LogP contribution in [0.15, 0.2) is 20.0 Å². The summed E-state index contributed by atoms with van der Waals surface area (Å²) in [5, 5.41) is 29.7. The van der Waals surface area contributed by atoms with Crippen molar-refractivity contribution in [3.8, 4) is 0 Å². The Morgan fingerprint density at radius 1 is 0.308 bits per heavy atom. The molecule has 12 amide bonds. The first-order valence-corrected chi connectivity index (χ1v) is 35.9. The molecule has 0 heterocycles. The molecule has 0 saturated carbocycles. The average molecular weight is 1480 g/mol. The second-order valence-electron chi connectivity index (χ2n) is 27.7. The van der Waals surface area contributed by atoms with Gasteiger partial charge in [0.25, 0.3) is 0 Å². The number of amides is 12. The van der Waals surface area contributed by atoms with E-state index in [1.165, 1.54) is 6.92 Å². The molecule has 0 spiro atoms. The average Bonchev–Trinajstić information content (AvgIpc) is 0.848. The first kappa shape index (κ1) is 94.6. The van der Waals surface area contributed by atoms with Crippen molar-refractivity contribution < 1.29 is 57.5 Å². The van der Waals surface area contributed by atoms with Gasteiger partial charge in [0.05, 0.1) is 6.04 Å². The summed E-state index contributed by atoms with van der Waals surface area (Å²) in [6.07, 6.45) is 2.43. The number of hydrogen-bond acceptors (Lipinski definition) is 18. The third-order valence-electron chi connectivity index (χ3n) is 17.1. The fourth-order valence-corrected chi connectivity index (χ4v) is 10.4. The molecule has 0 aliphatic carbocycles. The third-order valence-corrected chi connectivity index (χ3v) is 17.1. The van der Waals surface area contributed by atoms with Crippen molar-refractivity contribution in [3.05, 3.63) is 0 Å². The summed E-state index contributed by atoms with van der Waals surface area (Å²) in [5.74, 6) is -12.9. The molecule has 33 N–H and O–H groups in total. The molecular weight excluding hydrogens is 1350 g/mol. The summed E-state index contributed by atoms with van der Waals surface area (Å²) in [6.45, 7) is 22.6. The molecule has 38 heteroatoms. The Morgan fingerprint density at radius 2 is 0.587 bits per heavy atom. The molecule has 0 aliphatic heterocycles. The third kappa shape index (κ3) is 37.7. The molecule has 0 saturated heterocycles. The van der Waals surface area contributed by atoms with Crippen molar-refractivity contribution in [2.24, 2.45) is 119 Å². The van der Waals surface area contributed by atoms with Gasteiger partial charge >= 0.3 is 0 Å². The zero-order valence-corrected chi connectivity index (χ0v) is 63.4. The minimum Gasteiger partial charge on any atom is -0.370 e. The van der Waals surface area contributed by atoms with E-state index >= 15 is 0 Å². The number of carbonyl (C=O) groups excluding carboxylic acids is 12. The molecule has 0 aromatic rings. The summed E-state index contributed by atoms with van der Waals surface area (Å²) >= 11 is 0. The fraction of sp³-hybridized carbons (Fsp3) is 0.758. The van der Waals surface area contributed by atoms with Gasteiger partial charge < -0.3 is 122 Å². The van der Waals surface area contributed by atoms with Crippen LogP contribution in [0.25, 0.3) is 0 Å². The minimum absolute atomic E-state index is 0.0152. The normalized spacial score (nSPS) is 15.3. The molecule has 594 valence electrons. The molecule has 0 fully saturated rings. The molecular formula is C66H128N26O12. The van der Waals surface area contributed by atoms with Crippen LogP contribution in [0.4, 0.5) is 0 Å². The minimum atomic E-state index is -1.40. The van der Waals surface area contributed by atoms with Crippen molar-refractivity contribution in [1.29, 1.82) is 0 Å². The lowest BCUT2D eigenvalue weighted by Crippen LogP contribution is -2.62. The van der Waals surface area contributed by atoms with E-state index < -0.39 is 167 Å². The van der Waals surface area contributed by atoms with Crippen molar-refractivity contribution in [3.63, 3.8) is 0 Å². The van der Waals surface area contributed by atoms with Crippen LogP contribution in [0.2, 0.25) is 0 Å². The molecule has 104 heavy (non-hydrogen) atoms. The zero-order valence-electron chi connectivity index (χ0n) is 63.4. The maximum atomic E-state index is 14.6. The van der Waals surface area contributed by atoms with Gasteiger partial charge in [0, 0.05) is 26.2 Å². The zero-order chi connectivity index (χ0) is 79.7. The molecule has 0 aliphatic rings. The first-order chi connectivity index (χ1) is 48.6. The first-order valence-electron chi connectivity index (χ1n) is 35.9. The van der Waals surface area contributed by atoms with Gasteiger partial charge in [-0.2, -0.15) is 0 Å². The number of aliphatic imine (C=N–C) groups is 4. The number of carbonyl (C=O) groups is 12. The van der Waals surface area contributed by atoms with Crippen molar-refractivity contribution >= 4 is 94.7 Å². The maximum absolute atomic E-state index is 14.6. The lowest BCUT2D eigenvalue weighted by Gasteiger charge is -2.31. The lowest BCUT2D eigenvalue weighted by atomic mass is 9.95. The van der Waals surface area contributed by atoms with Crippen LogP contribution in [0, 0.1) is 35.5 Å². The SMILES string of the molecule is CC[C@H](C)[C@H](NC(=O)[C@H](CCCN=C(N)N)NC(=O)[C@@H](NC(=O)[C@H](C)NC(=O)[C@@H](NC(=O)[C@@H](NC(=O)[C@H](CC(C)C)NC(=O)[C@H](CCCN=C(N)N)NC(=O)[C@@H](N)C(C)C)[C@@H](C)CC)C(C)C)C(C)C)C(=O)N[C@@H](CCCCN)C(=O)N[C@@H](CCCN=C(N)N)C(=O)N[C@@H](CCCN=C(N)N)C(N)=O. The number of nitrogens with one attached hydrogen (secondary N) is 11. The number of nitrogens with two attached hydrogens (primary N) is 11. The van der Waals surface area contributed by atoms with E-state index in [-0.39, 0.29) is 133 Å². The number of hydrogen-bond donors (Lipinski definition) is 22. The molecule has 0 radical (unpaired) electrons. The Morgan fingerprint density at radius 3 is 0.923 bits per heavy atom. The summed E-state index contributed by atoms with van der Waals surface area (Å²) < 4.78 is 0. The summed E-state index contributed by atoms with van der Waals surface area (Å²) in [5.41, 5.74) is 61.6. The van der Waals surface area contributed by atoms with E-state index in [1.807, 2.05) is 13.8 Å². The van der Waals surface area contributed by atoms with E-state index in [0.29, 0.717) is 25.7 Å². The van der Waals surface area contributed by atoms with Crippen LogP contribution >= 0.6 is 0 Å². The van der Waals surface area contributed by atoms with Gasteiger partial charge in [0.2, 0.25) is 70.9 Å². The number of primary amides is 1. The van der Waals surface area contributed by atoms with E-state index in [1.54, 1.807) is 69.2 Å². The van der Waals surface area contributed by atoms with Crippen LogP contribution in [-0.2, 0) is 57.5 Å². The van der Waals surface area contributed by atoms with E-state index in [4.69, 9.17) is 63.1 Å². The van der Waals surface area contributed by atoms with E-state index in [2.05, 4.69) is 78.5 Å². The van der Waals surface area contributed by atoms with Gasteiger partial charge in [-0.05, 0) is 126 Å². The molecule has 0 aromatic heterocycles. The number of unbranched alkanes of at least 4 members (excludes halogenated alkanes) is 1. The molecule has 0 bridgehead atoms. The molecule has 38 nitrogen and oxygen atoms in total. The highest BCUT2D eigenvalue weighted by atomic mass is 16.2. The Hall–Kier alpha value is -9.36. The van der Waals surface area contributed by atoms with Crippen LogP contribution in [0.3, 0.4) is 0 Å². The molecule has 0 unspecified atom stereocenters. The van der Waals surface area contributed by atoms with Crippen molar-refractivity contribution in [2.45, 2.75) is 252 Å². The fourth-order valence-electron chi connectivity index (χ4n) is 10.4. The Kier molecular flexibility index (Phi) is 45.6. The highest BCUT2D eigenvalue weighted by molar-refractivity contribution is 6.00. The predicted octanol–water partition coefficient (Wildman–Crippen LogP) is -5.40. The van der Waals surface area contributed by atoms with Gasteiger partial charge in [-0.1, -0.05) is 95.9 Å². The van der Waals surface area contributed by atoms with Crippen LogP contribution in [0.5, 0.6) is 0 Å². The van der Waals surface area contributed by atoms with Gasteiger partial charge in [0.15, 0.2) is 23.8 Å². The highest BCUT2D eigenvalue weighted by Gasteiger charge is 2.39. The molecule has 0 rings (SSSR count). The lowest BCUT2D eigenvalue weighted by molar-refractivity contribution is -0.137. The summed E-state index contributed by atoms with van der Waals surface area (Å²) in [7, 11) is 0. The quantitative estimate of drug-likeness (QED) is 0.0154. The number of rotatable bonds is 52. The second kappa shape index (κ2) is 50.1. The van der Waals surface area contributed by atoms with Crippen molar-refractivity contribution in [2.75, 3.05) is 32.7 Å². The number of guanidine groups is 4. The topological polar surface area (TPSA) is 673 Å². The van der Waals surface area contributed by atoms with Crippen molar-refractivity contribution in [1.82, 2.24) is 58.5 Å². The van der Waals surface area contributed by atoms with Gasteiger partial charge in [0.1, 0.15) is 66.5 Å². The van der Waals surface area contributed by atoms with Crippen LogP contribution in [-0.4, -0.2) is 200 Å². The predicted molar refractivity (Wildman–Crippen MR) is 400 cm³/mol. The smallest absolute Gasteiger partial charge is 0.243 e. The summed E-state index contributed by atoms with van der Waals surface area (Å²) in [4.78, 5) is 184. The van der Waals surface area contributed by atoms with Gasteiger partial charge in [-0.3, -0.25) is 77.5 Å².